The fraction of sp³-hybridized carbons (Fsp3) is 0.857. The average Bonchev–Trinajstić information content (AvgIpc) is 3.49. The summed E-state index contributed by atoms with van der Waals surface area (Å²) in [4.78, 5) is 32.3. The fourth-order valence-corrected chi connectivity index (χ4v) is 4.36. The molecule has 0 unspecified atom stereocenters. The van der Waals surface area contributed by atoms with Gasteiger partial charge in [0, 0.05) is 17.8 Å². The second kappa shape index (κ2) is 12.7. The molecule has 11 heteroatoms. The second-order valence-electron chi connectivity index (χ2n) is 9.21. The first kappa shape index (κ1) is 32.7. The normalized spacial score (nSPS) is 16.6. The van der Waals surface area contributed by atoms with Gasteiger partial charge in [-0.05, 0) is 39.5 Å². The number of sulfonamides is 2. The molecule has 0 heterocycles. The van der Waals surface area contributed by atoms with E-state index in [0.717, 1.165) is 0 Å². The zero-order valence-corrected chi connectivity index (χ0v) is 21.4. The van der Waals surface area contributed by atoms with Crippen LogP contribution in [0.2, 0.25) is 0 Å². The molecule has 0 atom stereocenters. The van der Waals surface area contributed by atoms with Crippen LogP contribution in [0.25, 0.3) is 0 Å². The van der Waals surface area contributed by atoms with Gasteiger partial charge in [-0.15, -0.1) is 0 Å². The van der Waals surface area contributed by atoms with Crippen molar-refractivity contribution < 1.29 is 31.2 Å². The molecule has 0 aromatic carbocycles. The zero-order valence-electron chi connectivity index (χ0n) is 19.8. The van der Waals surface area contributed by atoms with Crippen LogP contribution in [-0.2, 0) is 34.4 Å². The molecule has 0 aromatic rings. The summed E-state index contributed by atoms with van der Waals surface area (Å²) in [5, 5.41) is -0.319. The molecule has 2 rings (SSSR count). The van der Waals surface area contributed by atoms with E-state index < -0.39 is 36.6 Å². The first-order chi connectivity index (χ1) is 13.9. The number of ketones is 1. The van der Waals surface area contributed by atoms with Gasteiger partial charge in [0.15, 0.2) is 0 Å². The Bertz CT molecular complexity index is 853. The van der Waals surface area contributed by atoms with E-state index in [4.69, 9.17) is 0 Å². The Kier molecular flexibility index (Phi) is 12.9. The van der Waals surface area contributed by atoms with Crippen molar-refractivity contribution in [3.8, 4) is 0 Å². The Balaban J connectivity index is 0. The fourth-order valence-electron chi connectivity index (χ4n) is 1.54. The summed E-state index contributed by atoms with van der Waals surface area (Å²) < 4.78 is 48.8. The van der Waals surface area contributed by atoms with E-state index in [0.29, 0.717) is 25.7 Å². The molecule has 0 bridgehead atoms. The number of rotatable bonds is 7. The summed E-state index contributed by atoms with van der Waals surface area (Å²) in [6.45, 7) is 13.7. The maximum absolute atomic E-state index is 11.5. The number of carbonyl (C=O) groups is 3. The number of nitrogens with one attached hydrogen (secondary N) is 2. The van der Waals surface area contributed by atoms with Crippen LogP contribution in [0, 0.1) is 17.8 Å². The second-order valence-corrected chi connectivity index (χ2v) is 13.4. The molecule has 2 amide bonds. The van der Waals surface area contributed by atoms with Crippen LogP contribution in [0.1, 0.15) is 88.5 Å². The van der Waals surface area contributed by atoms with Crippen molar-refractivity contribution >= 4 is 37.6 Å². The molecule has 32 heavy (non-hydrogen) atoms. The first-order valence-corrected chi connectivity index (χ1v) is 13.5. The highest BCUT2D eigenvalue weighted by Gasteiger charge is 2.50. The lowest BCUT2D eigenvalue weighted by atomic mass is 10.1. The predicted molar refractivity (Wildman–Crippen MR) is 127 cm³/mol. The van der Waals surface area contributed by atoms with E-state index in [1.807, 2.05) is 13.8 Å². The van der Waals surface area contributed by atoms with Crippen molar-refractivity contribution in [2.24, 2.45) is 17.8 Å². The molecular weight excluding hydrogens is 456 g/mol. The molecule has 9 nitrogen and oxygen atoms in total. The largest absolute Gasteiger partial charge is 0.300 e. The highest BCUT2D eigenvalue weighted by Crippen LogP contribution is 2.42. The standard InChI is InChI=1S/C8H15NO3S.C7H13NO3S.C5H10O.CH4/c1-6(2)7(10)9-13(11,12)8(3)4-5-8;1-5(2)7(9)8-12(10,11)6-3-4-6;1-4(2)5(3)6;/h6H,4-5H2,1-3H3,(H,9,10);5-6H,3-4H2,1-2H3,(H,8,9);4H,1-3H3;1H4. The van der Waals surface area contributed by atoms with E-state index in [-0.39, 0.29) is 36.2 Å². The molecule has 0 saturated heterocycles. The van der Waals surface area contributed by atoms with Crippen molar-refractivity contribution in [3.05, 3.63) is 0 Å². The van der Waals surface area contributed by atoms with Crippen LogP contribution in [0.5, 0.6) is 0 Å². The molecule has 0 aromatic heterocycles. The summed E-state index contributed by atoms with van der Waals surface area (Å²) >= 11 is 0. The van der Waals surface area contributed by atoms with E-state index in [2.05, 4.69) is 9.44 Å². The van der Waals surface area contributed by atoms with Crippen molar-refractivity contribution in [2.75, 3.05) is 0 Å². The molecule has 0 aliphatic heterocycles. The molecule has 2 aliphatic rings. The predicted octanol–water partition coefficient (Wildman–Crippen LogP) is 2.76. The minimum atomic E-state index is -3.43. The summed E-state index contributed by atoms with van der Waals surface area (Å²) in [6.07, 6.45) is 2.66. The van der Waals surface area contributed by atoms with Crippen molar-refractivity contribution in [2.45, 2.75) is 98.5 Å². The van der Waals surface area contributed by atoms with Gasteiger partial charge >= 0.3 is 0 Å². The van der Waals surface area contributed by atoms with Gasteiger partial charge in [-0.25, -0.2) is 16.8 Å². The van der Waals surface area contributed by atoms with Gasteiger partial charge in [0.05, 0.1) is 10.00 Å². The van der Waals surface area contributed by atoms with Crippen LogP contribution in [0.4, 0.5) is 0 Å². The highest BCUT2D eigenvalue weighted by molar-refractivity contribution is 7.91. The zero-order chi connectivity index (χ0) is 24.8. The van der Waals surface area contributed by atoms with Gasteiger partial charge in [0.2, 0.25) is 31.9 Å². The molecule has 2 saturated carbocycles. The van der Waals surface area contributed by atoms with E-state index in [1.165, 1.54) is 0 Å². The summed E-state index contributed by atoms with van der Waals surface area (Å²) in [5.74, 6) is -0.939. The Labute approximate surface area is 194 Å². The summed E-state index contributed by atoms with van der Waals surface area (Å²) in [5.41, 5.74) is 0. The number of hydrogen-bond acceptors (Lipinski definition) is 7. The topological polar surface area (TPSA) is 144 Å². The van der Waals surface area contributed by atoms with Gasteiger partial charge in [-0.2, -0.15) is 0 Å². The molecule has 2 fully saturated rings. The van der Waals surface area contributed by atoms with Gasteiger partial charge in [0.25, 0.3) is 0 Å². The van der Waals surface area contributed by atoms with E-state index >= 15 is 0 Å². The molecule has 0 spiro atoms. The molecule has 2 aliphatic carbocycles. The Morgan fingerprint density at radius 2 is 1.12 bits per heavy atom. The molecule has 2 N–H and O–H groups in total. The smallest absolute Gasteiger partial charge is 0.240 e. The van der Waals surface area contributed by atoms with E-state index in [1.54, 1.807) is 41.5 Å². The van der Waals surface area contributed by atoms with Crippen molar-refractivity contribution in [3.63, 3.8) is 0 Å². The Morgan fingerprint density at radius 3 is 1.38 bits per heavy atom. The third-order valence-electron chi connectivity index (χ3n) is 4.91. The molecular formula is C21H42N2O7S2. The maximum atomic E-state index is 11.5. The number of Topliss-reactive ketones (excluding diaryl/α,β-unsaturated/α-hetero) is 1. The minimum absolute atomic E-state index is 0. The van der Waals surface area contributed by atoms with Gasteiger partial charge in [-0.1, -0.05) is 49.0 Å². The molecule has 190 valence electrons. The third-order valence-corrected chi connectivity index (χ3v) is 8.92. The highest BCUT2D eigenvalue weighted by atomic mass is 32.2. The lowest BCUT2D eigenvalue weighted by molar-refractivity contribution is -0.123. The average molecular weight is 499 g/mol. The Hall–Kier alpha value is -1.49. The lowest BCUT2D eigenvalue weighted by Gasteiger charge is -2.13. The van der Waals surface area contributed by atoms with Crippen LogP contribution in [-0.4, -0.2) is 44.4 Å². The van der Waals surface area contributed by atoms with Gasteiger partial charge in [-0.3, -0.25) is 23.8 Å². The van der Waals surface area contributed by atoms with Crippen LogP contribution >= 0.6 is 0 Å². The van der Waals surface area contributed by atoms with E-state index in [9.17, 15) is 31.2 Å². The van der Waals surface area contributed by atoms with Crippen molar-refractivity contribution in [1.82, 2.24) is 9.44 Å². The number of amides is 2. The SMILES string of the molecule is C.CC(=O)C(C)C.CC(C)C(=O)NS(=O)(=O)C1(C)CC1.CC(C)C(=O)NS(=O)(=O)C1CC1. The first-order valence-electron chi connectivity index (χ1n) is 10.5. The summed E-state index contributed by atoms with van der Waals surface area (Å²) in [7, 11) is -6.76. The van der Waals surface area contributed by atoms with Gasteiger partial charge in [0.1, 0.15) is 5.78 Å². The maximum Gasteiger partial charge on any atom is 0.240 e. The van der Waals surface area contributed by atoms with Crippen LogP contribution < -0.4 is 9.44 Å². The lowest BCUT2D eigenvalue weighted by Crippen LogP contribution is -2.40. The van der Waals surface area contributed by atoms with Crippen molar-refractivity contribution in [1.29, 1.82) is 0 Å². The minimum Gasteiger partial charge on any atom is -0.300 e. The summed E-state index contributed by atoms with van der Waals surface area (Å²) in [6, 6.07) is 0. The number of hydrogen-bond donors (Lipinski definition) is 2. The molecule has 0 radical (unpaired) electrons. The quantitative estimate of drug-likeness (QED) is 0.549. The Morgan fingerprint density at radius 1 is 0.781 bits per heavy atom. The van der Waals surface area contributed by atoms with Crippen LogP contribution in [0.3, 0.4) is 0 Å². The third kappa shape index (κ3) is 11.4. The number of carbonyl (C=O) groups excluding carboxylic acids is 3. The van der Waals surface area contributed by atoms with Crippen LogP contribution in [0.15, 0.2) is 0 Å². The van der Waals surface area contributed by atoms with Gasteiger partial charge < -0.3 is 0 Å². The monoisotopic (exact) mass is 498 g/mol.